The minimum Gasteiger partial charge on any atom is -0.479 e. The van der Waals surface area contributed by atoms with Crippen LogP contribution in [-0.4, -0.2) is 42.1 Å². The van der Waals surface area contributed by atoms with E-state index in [1.807, 2.05) is 12.1 Å². The van der Waals surface area contributed by atoms with Crippen LogP contribution in [0.25, 0.3) is 0 Å². The smallest absolute Gasteiger partial charge is 0.261 e. The summed E-state index contributed by atoms with van der Waals surface area (Å²) in [4.78, 5) is 14.7. The van der Waals surface area contributed by atoms with Crippen LogP contribution in [0, 0.1) is 0 Å². The first-order valence-electron chi connectivity index (χ1n) is 7.59. The summed E-state index contributed by atoms with van der Waals surface area (Å²) in [7, 11) is 0. The maximum atomic E-state index is 12.2. The maximum Gasteiger partial charge on any atom is 0.261 e. The molecule has 1 heterocycles. The third kappa shape index (κ3) is 3.69. The van der Waals surface area contributed by atoms with Crippen LogP contribution in [0.1, 0.15) is 26.2 Å². The summed E-state index contributed by atoms with van der Waals surface area (Å²) >= 11 is 6.04. The van der Waals surface area contributed by atoms with Gasteiger partial charge in [0.25, 0.3) is 5.91 Å². The lowest BCUT2D eigenvalue weighted by molar-refractivity contribution is -0.127. The molecule has 0 unspecified atom stereocenters. The van der Waals surface area contributed by atoms with E-state index in [4.69, 9.17) is 16.3 Å². The standard InChI is InChI=1S/C16H21ClN2O2/c1-11(21-15-5-3-2-4-14(15)17)16(20)18-12-8-9-19(10-12)13-6-7-13/h2-5,11-13H,6-10H2,1H3,(H,18,20)/t11-,12-/m1/s1. The van der Waals surface area contributed by atoms with E-state index < -0.39 is 6.10 Å². The number of para-hydroxylation sites is 1. The molecule has 4 nitrogen and oxygen atoms in total. The Balaban J connectivity index is 1.49. The van der Waals surface area contributed by atoms with Gasteiger partial charge in [-0.05, 0) is 38.3 Å². The number of rotatable bonds is 5. The highest BCUT2D eigenvalue weighted by Crippen LogP contribution is 2.30. The monoisotopic (exact) mass is 308 g/mol. The van der Waals surface area contributed by atoms with Gasteiger partial charge in [0.15, 0.2) is 6.10 Å². The second kappa shape index (κ2) is 6.24. The lowest BCUT2D eigenvalue weighted by Gasteiger charge is -2.19. The normalized spacial score (nSPS) is 23.8. The zero-order valence-corrected chi connectivity index (χ0v) is 13.0. The Kier molecular flexibility index (Phi) is 4.36. The molecule has 3 rings (SSSR count). The van der Waals surface area contributed by atoms with Crippen molar-refractivity contribution < 1.29 is 9.53 Å². The van der Waals surface area contributed by atoms with Crippen molar-refractivity contribution in [1.29, 1.82) is 0 Å². The van der Waals surface area contributed by atoms with Gasteiger partial charge in [-0.25, -0.2) is 0 Å². The molecule has 1 N–H and O–H groups in total. The van der Waals surface area contributed by atoms with Crippen molar-refractivity contribution in [1.82, 2.24) is 10.2 Å². The van der Waals surface area contributed by atoms with Crippen molar-refractivity contribution in [2.45, 2.75) is 44.4 Å². The second-order valence-corrected chi connectivity index (χ2v) is 6.32. The van der Waals surface area contributed by atoms with Crippen LogP contribution in [-0.2, 0) is 4.79 Å². The van der Waals surface area contributed by atoms with Gasteiger partial charge < -0.3 is 10.1 Å². The first-order valence-corrected chi connectivity index (χ1v) is 7.97. The van der Waals surface area contributed by atoms with Crippen molar-refractivity contribution >= 4 is 17.5 Å². The largest absolute Gasteiger partial charge is 0.479 e. The molecule has 0 spiro atoms. The number of carbonyl (C=O) groups excluding carboxylic acids is 1. The fourth-order valence-corrected chi connectivity index (χ4v) is 2.96. The summed E-state index contributed by atoms with van der Waals surface area (Å²) in [5.41, 5.74) is 0. The van der Waals surface area contributed by atoms with Crippen molar-refractivity contribution in [3.05, 3.63) is 29.3 Å². The van der Waals surface area contributed by atoms with E-state index >= 15 is 0 Å². The van der Waals surface area contributed by atoms with E-state index in [9.17, 15) is 4.79 Å². The SMILES string of the molecule is C[C@@H](Oc1ccccc1Cl)C(=O)N[C@@H]1CCN(C2CC2)C1. The van der Waals surface area contributed by atoms with Gasteiger partial charge in [0.1, 0.15) is 5.75 Å². The third-order valence-corrected chi connectivity index (χ3v) is 4.45. The molecule has 21 heavy (non-hydrogen) atoms. The molecule has 1 aromatic rings. The highest BCUT2D eigenvalue weighted by Gasteiger charge is 2.35. The molecular formula is C16H21ClN2O2. The Bertz CT molecular complexity index is 519. The van der Waals surface area contributed by atoms with Crippen LogP contribution in [0.2, 0.25) is 5.02 Å². The molecule has 0 aromatic heterocycles. The van der Waals surface area contributed by atoms with Gasteiger partial charge in [-0.1, -0.05) is 23.7 Å². The average molecular weight is 309 g/mol. The molecule has 0 radical (unpaired) electrons. The zero-order chi connectivity index (χ0) is 14.8. The Hall–Kier alpha value is -1.26. The summed E-state index contributed by atoms with van der Waals surface area (Å²) in [6.07, 6.45) is 3.11. The molecule has 1 aliphatic heterocycles. The zero-order valence-electron chi connectivity index (χ0n) is 12.2. The van der Waals surface area contributed by atoms with Gasteiger partial charge in [-0.2, -0.15) is 0 Å². The molecule has 1 aromatic carbocycles. The summed E-state index contributed by atoms with van der Waals surface area (Å²) in [5.74, 6) is 0.477. The van der Waals surface area contributed by atoms with Crippen LogP contribution in [0.15, 0.2) is 24.3 Å². The fraction of sp³-hybridized carbons (Fsp3) is 0.562. The van der Waals surface area contributed by atoms with Gasteiger partial charge >= 0.3 is 0 Å². The van der Waals surface area contributed by atoms with Crippen molar-refractivity contribution in [3.63, 3.8) is 0 Å². The van der Waals surface area contributed by atoms with E-state index in [-0.39, 0.29) is 11.9 Å². The van der Waals surface area contributed by atoms with Crippen molar-refractivity contribution in [2.75, 3.05) is 13.1 Å². The summed E-state index contributed by atoms with van der Waals surface area (Å²) in [5, 5.41) is 3.61. The van der Waals surface area contributed by atoms with Crippen LogP contribution in [0.5, 0.6) is 5.75 Å². The Labute approximate surface area is 130 Å². The predicted octanol–water partition coefficient (Wildman–Crippen LogP) is 2.46. The van der Waals surface area contributed by atoms with Gasteiger partial charge in [-0.3, -0.25) is 9.69 Å². The highest BCUT2D eigenvalue weighted by atomic mass is 35.5. The summed E-state index contributed by atoms with van der Waals surface area (Å²) in [6.45, 7) is 3.82. The number of halogens is 1. The predicted molar refractivity (Wildman–Crippen MR) is 82.7 cm³/mol. The summed E-state index contributed by atoms with van der Waals surface area (Å²) in [6, 6.07) is 8.23. The average Bonchev–Trinajstić information content (AvgIpc) is 3.22. The molecule has 1 saturated carbocycles. The quantitative estimate of drug-likeness (QED) is 0.908. The van der Waals surface area contributed by atoms with Gasteiger partial charge in [0.05, 0.1) is 5.02 Å². The first kappa shape index (κ1) is 14.7. The molecule has 1 amide bonds. The minimum absolute atomic E-state index is 0.0717. The van der Waals surface area contributed by atoms with Gasteiger partial charge in [-0.15, -0.1) is 0 Å². The fourth-order valence-electron chi connectivity index (χ4n) is 2.78. The molecule has 1 saturated heterocycles. The van der Waals surface area contributed by atoms with Crippen LogP contribution >= 0.6 is 11.6 Å². The molecule has 2 aliphatic rings. The van der Waals surface area contributed by atoms with E-state index in [0.29, 0.717) is 10.8 Å². The number of nitrogens with one attached hydrogen (secondary N) is 1. The van der Waals surface area contributed by atoms with Crippen molar-refractivity contribution in [2.24, 2.45) is 0 Å². The Morgan fingerprint density at radius 2 is 2.14 bits per heavy atom. The highest BCUT2D eigenvalue weighted by molar-refractivity contribution is 6.32. The number of hydrogen-bond acceptors (Lipinski definition) is 3. The maximum absolute atomic E-state index is 12.2. The molecule has 2 atom stereocenters. The van der Waals surface area contributed by atoms with Crippen LogP contribution < -0.4 is 10.1 Å². The second-order valence-electron chi connectivity index (χ2n) is 5.91. The van der Waals surface area contributed by atoms with E-state index in [1.54, 1.807) is 19.1 Å². The lowest BCUT2D eigenvalue weighted by atomic mass is 10.2. The van der Waals surface area contributed by atoms with E-state index in [1.165, 1.54) is 12.8 Å². The molecule has 1 aliphatic carbocycles. The number of amides is 1. The summed E-state index contributed by atoms with van der Waals surface area (Å²) < 4.78 is 5.65. The Morgan fingerprint density at radius 1 is 1.38 bits per heavy atom. The number of benzene rings is 1. The van der Waals surface area contributed by atoms with Crippen LogP contribution in [0.3, 0.4) is 0 Å². The third-order valence-electron chi connectivity index (χ3n) is 4.14. The van der Waals surface area contributed by atoms with E-state index in [2.05, 4.69) is 10.2 Å². The molecule has 0 bridgehead atoms. The van der Waals surface area contributed by atoms with Crippen LogP contribution in [0.4, 0.5) is 0 Å². The minimum atomic E-state index is -0.542. The molecule has 5 heteroatoms. The number of ether oxygens (including phenoxy) is 1. The van der Waals surface area contributed by atoms with Gasteiger partial charge in [0.2, 0.25) is 0 Å². The van der Waals surface area contributed by atoms with Crippen molar-refractivity contribution in [3.8, 4) is 5.75 Å². The first-order chi connectivity index (χ1) is 10.1. The number of carbonyl (C=O) groups is 1. The Morgan fingerprint density at radius 3 is 2.86 bits per heavy atom. The van der Waals surface area contributed by atoms with Gasteiger partial charge in [0, 0.05) is 25.2 Å². The topological polar surface area (TPSA) is 41.6 Å². The molecule has 2 fully saturated rings. The lowest BCUT2D eigenvalue weighted by Crippen LogP contribution is -2.43. The number of hydrogen-bond donors (Lipinski definition) is 1. The van der Waals surface area contributed by atoms with E-state index in [0.717, 1.165) is 25.6 Å². The number of likely N-dealkylation sites (tertiary alicyclic amines) is 1. The number of nitrogens with zero attached hydrogens (tertiary/aromatic N) is 1. The molecule has 114 valence electrons. The molecular weight excluding hydrogens is 288 g/mol.